The van der Waals surface area contributed by atoms with Gasteiger partial charge >= 0.3 is 23.9 Å². The van der Waals surface area contributed by atoms with Crippen molar-refractivity contribution >= 4 is 23.9 Å². The summed E-state index contributed by atoms with van der Waals surface area (Å²) in [7, 11) is 0. The van der Waals surface area contributed by atoms with Gasteiger partial charge in [0.05, 0.1) is 5.92 Å². The van der Waals surface area contributed by atoms with Crippen molar-refractivity contribution < 1.29 is 38.1 Å². The van der Waals surface area contributed by atoms with Crippen LogP contribution in [-0.4, -0.2) is 49.3 Å². The van der Waals surface area contributed by atoms with Crippen molar-refractivity contribution in [3.63, 3.8) is 0 Å². The Kier molecular flexibility index (Phi) is 4.24. The highest BCUT2D eigenvalue weighted by atomic mass is 16.6. The lowest BCUT2D eigenvalue weighted by Gasteiger charge is -2.28. The summed E-state index contributed by atoms with van der Waals surface area (Å²) in [5.41, 5.74) is -0.0177. The first-order valence-electron chi connectivity index (χ1n) is 9.18. The number of carbonyl (C=O) groups is 4. The van der Waals surface area contributed by atoms with Gasteiger partial charge in [-0.3, -0.25) is 4.79 Å². The van der Waals surface area contributed by atoms with Crippen LogP contribution < -0.4 is 0 Å². The second kappa shape index (κ2) is 6.35. The molecular formula is C19H22O8. The zero-order valence-electron chi connectivity index (χ0n) is 15.1. The molecule has 4 rings (SSSR count). The fourth-order valence-electron chi connectivity index (χ4n) is 5.49. The predicted octanol–water partition coefficient (Wildman–Crippen LogP) is 0.922. The molecule has 3 aliphatic carbocycles. The van der Waals surface area contributed by atoms with E-state index in [0.717, 1.165) is 25.7 Å². The van der Waals surface area contributed by atoms with E-state index in [0.29, 0.717) is 5.92 Å². The van der Waals surface area contributed by atoms with Gasteiger partial charge in [-0.2, -0.15) is 0 Å². The predicted molar refractivity (Wildman–Crippen MR) is 87.9 cm³/mol. The number of rotatable bonds is 6. The van der Waals surface area contributed by atoms with Crippen molar-refractivity contribution in [2.45, 2.75) is 44.8 Å². The molecule has 6 unspecified atom stereocenters. The zero-order chi connectivity index (χ0) is 19.3. The lowest BCUT2D eigenvalue weighted by Crippen LogP contribution is -2.37. The Labute approximate surface area is 156 Å². The van der Waals surface area contributed by atoms with E-state index in [-0.39, 0.29) is 34.9 Å². The van der Waals surface area contributed by atoms with Crippen LogP contribution in [0.2, 0.25) is 0 Å². The molecule has 0 N–H and O–H groups in total. The van der Waals surface area contributed by atoms with Crippen LogP contribution >= 0.6 is 0 Å². The molecule has 27 heavy (non-hydrogen) atoms. The Hall–Kier alpha value is -2.38. The van der Waals surface area contributed by atoms with Crippen molar-refractivity contribution in [2.75, 3.05) is 13.2 Å². The van der Waals surface area contributed by atoms with Crippen molar-refractivity contribution in [2.24, 2.45) is 23.2 Å². The summed E-state index contributed by atoms with van der Waals surface area (Å²) in [4.78, 5) is 47.1. The molecule has 8 nitrogen and oxygen atoms in total. The van der Waals surface area contributed by atoms with Gasteiger partial charge < -0.3 is 18.9 Å². The highest BCUT2D eigenvalue weighted by Gasteiger charge is 2.72. The summed E-state index contributed by atoms with van der Waals surface area (Å²) < 4.78 is 20.6. The van der Waals surface area contributed by atoms with Gasteiger partial charge in [0.1, 0.15) is 12.2 Å². The molecule has 6 atom stereocenters. The van der Waals surface area contributed by atoms with Crippen LogP contribution in [0.4, 0.5) is 0 Å². The molecule has 1 aliphatic heterocycles. The molecule has 0 aromatic carbocycles. The minimum Gasteiger partial charge on any atom is -0.458 e. The minimum atomic E-state index is -0.850. The van der Waals surface area contributed by atoms with Crippen LogP contribution in [0.25, 0.3) is 0 Å². The molecule has 1 heterocycles. The molecule has 0 aromatic rings. The Bertz CT molecular complexity index is 727. The standard InChI is InChI=1S/C19H22O8/c1-9(2)17(22)25-7-13(20)24-8-14(21)26-15-11-3-10-4-12-18(23)27-16(15)19(12,5-10)6-11/h10-12,15-16H,1,3-8H2,2H3. The molecule has 0 amide bonds. The van der Waals surface area contributed by atoms with Crippen LogP contribution in [0.1, 0.15) is 32.6 Å². The van der Waals surface area contributed by atoms with Gasteiger partial charge in [-0.15, -0.1) is 0 Å². The van der Waals surface area contributed by atoms with Crippen molar-refractivity contribution in [3.8, 4) is 0 Å². The fourth-order valence-corrected chi connectivity index (χ4v) is 5.49. The van der Waals surface area contributed by atoms with Gasteiger partial charge in [0.15, 0.2) is 13.2 Å². The monoisotopic (exact) mass is 378 g/mol. The van der Waals surface area contributed by atoms with Crippen molar-refractivity contribution in [1.29, 1.82) is 0 Å². The van der Waals surface area contributed by atoms with E-state index in [2.05, 4.69) is 11.3 Å². The first-order chi connectivity index (χ1) is 12.8. The summed E-state index contributed by atoms with van der Waals surface area (Å²) in [6, 6.07) is 0. The van der Waals surface area contributed by atoms with Crippen molar-refractivity contribution in [1.82, 2.24) is 0 Å². The average Bonchev–Trinajstić information content (AvgIpc) is 3.12. The van der Waals surface area contributed by atoms with Gasteiger partial charge in [0.2, 0.25) is 0 Å². The highest BCUT2D eigenvalue weighted by Crippen LogP contribution is 2.68. The maximum atomic E-state index is 12.2. The molecule has 1 spiro atoms. The van der Waals surface area contributed by atoms with Gasteiger partial charge in [-0.1, -0.05) is 6.58 Å². The molecule has 0 aromatic heterocycles. The molecule has 4 fully saturated rings. The van der Waals surface area contributed by atoms with E-state index in [4.69, 9.17) is 14.2 Å². The highest BCUT2D eigenvalue weighted by molar-refractivity contribution is 5.88. The Balaban J connectivity index is 1.29. The SMILES string of the molecule is C=C(C)C(=O)OCC(=O)OCC(=O)OC1C2CC3CC4C(=O)OC1C4(C3)C2. The van der Waals surface area contributed by atoms with Crippen LogP contribution in [0.3, 0.4) is 0 Å². The summed E-state index contributed by atoms with van der Waals surface area (Å²) in [5, 5.41) is 0. The normalized spacial score (nSPS) is 37.5. The summed E-state index contributed by atoms with van der Waals surface area (Å²) >= 11 is 0. The summed E-state index contributed by atoms with van der Waals surface area (Å²) in [6.07, 6.45) is 2.76. The van der Waals surface area contributed by atoms with Gasteiger partial charge in [0, 0.05) is 16.9 Å². The molecule has 1 saturated heterocycles. The van der Waals surface area contributed by atoms with Crippen molar-refractivity contribution in [3.05, 3.63) is 12.2 Å². The quantitative estimate of drug-likeness (QED) is 0.382. The van der Waals surface area contributed by atoms with Crippen LogP contribution in [0.15, 0.2) is 12.2 Å². The number of fused-ring (bicyclic) bond motifs is 2. The van der Waals surface area contributed by atoms with E-state index < -0.39 is 37.2 Å². The fraction of sp³-hybridized carbons (Fsp3) is 0.684. The Morgan fingerprint density at radius 3 is 2.63 bits per heavy atom. The molecule has 4 aliphatic rings. The van der Waals surface area contributed by atoms with E-state index in [9.17, 15) is 19.2 Å². The molecule has 146 valence electrons. The number of carbonyl (C=O) groups excluding carboxylic acids is 4. The molecule has 8 heteroatoms. The van der Waals surface area contributed by atoms with Crippen LogP contribution in [0, 0.1) is 23.2 Å². The number of esters is 4. The van der Waals surface area contributed by atoms with E-state index in [1.807, 2.05) is 0 Å². The molecular weight excluding hydrogens is 356 g/mol. The first kappa shape index (κ1) is 18.0. The van der Waals surface area contributed by atoms with Gasteiger partial charge in [-0.25, -0.2) is 14.4 Å². The minimum absolute atomic E-state index is 0.0676. The topological polar surface area (TPSA) is 105 Å². The first-order valence-corrected chi connectivity index (χ1v) is 9.18. The van der Waals surface area contributed by atoms with E-state index in [1.54, 1.807) is 0 Å². The third-order valence-electron chi connectivity index (χ3n) is 6.36. The molecule has 3 saturated carbocycles. The third kappa shape index (κ3) is 2.91. The average molecular weight is 378 g/mol. The Morgan fingerprint density at radius 2 is 1.89 bits per heavy atom. The smallest absolute Gasteiger partial charge is 0.344 e. The molecule has 3 bridgehead atoms. The maximum absolute atomic E-state index is 12.2. The second-order valence-electron chi connectivity index (χ2n) is 8.12. The summed E-state index contributed by atoms with van der Waals surface area (Å²) in [6.45, 7) is 3.67. The summed E-state index contributed by atoms with van der Waals surface area (Å²) in [5.74, 6) is -1.82. The van der Waals surface area contributed by atoms with Gasteiger partial charge in [0.25, 0.3) is 0 Å². The number of hydrogen-bond donors (Lipinski definition) is 0. The lowest BCUT2D eigenvalue weighted by atomic mass is 9.73. The molecule has 0 radical (unpaired) electrons. The Morgan fingerprint density at radius 1 is 1.15 bits per heavy atom. The largest absolute Gasteiger partial charge is 0.458 e. The van der Waals surface area contributed by atoms with E-state index in [1.165, 1.54) is 6.92 Å². The maximum Gasteiger partial charge on any atom is 0.344 e. The van der Waals surface area contributed by atoms with E-state index >= 15 is 0 Å². The third-order valence-corrected chi connectivity index (χ3v) is 6.36. The van der Waals surface area contributed by atoms with Crippen LogP contribution in [-0.2, 0) is 38.1 Å². The lowest BCUT2D eigenvalue weighted by molar-refractivity contribution is -0.172. The van der Waals surface area contributed by atoms with Gasteiger partial charge in [-0.05, 0) is 38.5 Å². The number of ether oxygens (including phenoxy) is 4. The second-order valence-corrected chi connectivity index (χ2v) is 8.12. The van der Waals surface area contributed by atoms with Crippen LogP contribution in [0.5, 0.6) is 0 Å². The number of hydrogen-bond acceptors (Lipinski definition) is 8. The zero-order valence-corrected chi connectivity index (χ0v) is 15.1.